The molecule has 0 amide bonds. The third-order valence-electron chi connectivity index (χ3n) is 3.64. The summed E-state index contributed by atoms with van der Waals surface area (Å²) in [6.07, 6.45) is 2.52. The maximum Gasteiger partial charge on any atom is 0.108 e. The van der Waals surface area contributed by atoms with Gasteiger partial charge in [-0.05, 0) is 65.0 Å². The summed E-state index contributed by atoms with van der Waals surface area (Å²) in [7, 11) is 4.29. The van der Waals surface area contributed by atoms with Crippen molar-refractivity contribution in [1.29, 1.82) is 0 Å². The fourth-order valence-corrected chi connectivity index (χ4v) is 2.76. The Labute approximate surface area is 104 Å². The molecule has 0 saturated carbocycles. The predicted octanol–water partition coefficient (Wildman–Crippen LogP) is 2.23. The van der Waals surface area contributed by atoms with Crippen molar-refractivity contribution in [2.24, 2.45) is 5.92 Å². The first-order valence-electron chi connectivity index (χ1n) is 6.58. The van der Waals surface area contributed by atoms with Crippen LogP contribution in [-0.4, -0.2) is 38.6 Å². The Kier molecular flexibility index (Phi) is 4.24. The van der Waals surface area contributed by atoms with Crippen molar-refractivity contribution >= 4 is 0 Å². The van der Waals surface area contributed by atoms with Gasteiger partial charge in [0.2, 0.25) is 0 Å². The topological polar surface area (TPSA) is 28.4 Å². The Bertz CT molecular complexity index is 340. The zero-order valence-corrected chi connectivity index (χ0v) is 11.2. The Morgan fingerprint density at radius 2 is 2.06 bits per heavy atom. The molecule has 3 heteroatoms. The number of piperidine rings is 1. The lowest BCUT2D eigenvalue weighted by Crippen LogP contribution is -2.34. The average molecular weight is 236 g/mol. The molecule has 1 aliphatic rings. The van der Waals surface area contributed by atoms with E-state index in [2.05, 4.69) is 36.4 Å². The van der Waals surface area contributed by atoms with Crippen LogP contribution in [0.25, 0.3) is 0 Å². The molecule has 0 spiro atoms. The van der Waals surface area contributed by atoms with Gasteiger partial charge in [0.25, 0.3) is 0 Å². The molecule has 0 aliphatic carbocycles. The van der Waals surface area contributed by atoms with Crippen molar-refractivity contribution in [2.45, 2.75) is 25.7 Å². The highest BCUT2D eigenvalue weighted by molar-refractivity contribution is 5.12. The molecule has 1 fully saturated rings. The third kappa shape index (κ3) is 3.33. The minimum atomic E-state index is 0.542. The molecular weight excluding hydrogens is 212 g/mol. The van der Waals surface area contributed by atoms with Crippen molar-refractivity contribution in [1.82, 2.24) is 10.2 Å². The lowest BCUT2D eigenvalue weighted by molar-refractivity contribution is 0.236. The van der Waals surface area contributed by atoms with Crippen LogP contribution in [0, 0.1) is 12.8 Å². The van der Waals surface area contributed by atoms with Crippen molar-refractivity contribution in [3.8, 4) is 0 Å². The normalized spacial score (nSPS) is 19.8. The smallest absolute Gasteiger partial charge is 0.108 e. The van der Waals surface area contributed by atoms with Crippen molar-refractivity contribution in [3.63, 3.8) is 0 Å². The van der Waals surface area contributed by atoms with Gasteiger partial charge < -0.3 is 14.6 Å². The lowest BCUT2D eigenvalue weighted by atomic mass is 9.83. The van der Waals surface area contributed by atoms with Gasteiger partial charge in [-0.2, -0.15) is 0 Å². The maximum absolute atomic E-state index is 5.85. The highest BCUT2D eigenvalue weighted by atomic mass is 16.3. The summed E-state index contributed by atoms with van der Waals surface area (Å²) in [6, 6.07) is 4.24. The zero-order valence-electron chi connectivity index (χ0n) is 11.2. The van der Waals surface area contributed by atoms with E-state index in [9.17, 15) is 0 Å². The average Bonchev–Trinajstić information content (AvgIpc) is 2.73. The van der Waals surface area contributed by atoms with Gasteiger partial charge in [-0.15, -0.1) is 0 Å². The molecule has 1 aromatic heterocycles. The summed E-state index contributed by atoms with van der Waals surface area (Å²) < 4.78 is 5.85. The second kappa shape index (κ2) is 5.69. The summed E-state index contributed by atoms with van der Waals surface area (Å²) in [5, 5.41) is 3.44. The Morgan fingerprint density at radius 1 is 1.35 bits per heavy atom. The standard InChI is InChI=1S/C14H24N2O/c1-11-4-5-14(17-11)13(10-16(2)3)12-6-8-15-9-7-12/h4-5,12-13,15H,6-10H2,1-3H3. The SMILES string of the molecule is Cc1ccc(C(CN(C)C)C2CCNCC2)o1. The van der Waals surface area contributed by atoms with Gasteiger partial charge in [-0.25, -0.2) is 0 Å². The fourth-order valence-electron chi connectivity index (χ4n) is 2.76. The van der Waals surface area contributed by atoms with Gasteiger partial charge in [-0.3, -0.25) is 0 Å². The highest BCUT2D eigenvalue weighted by Crippen LogP contribution is 2.32. The van der Waals surface area contributed by atoms with E-state index in [1.807, 2.05) is 6.92 Å². The molecule has 1 saturated heterocycles. The van der Waals surface area contributed by atoms with Crippen LogP contribution in [0.15, 0.2) is 16.5 Å². The number of nitrogens with one attached hydrogen (secondary N) is 1. The summed E-state index contributed by atoms with van der Waals surface area (Å²) in [5.41, 5.74) is 0. The second-order valence-corrected chi connectivity index (χ2v) is 5.40. The van der Waals surface area contributed by atoms with Gasteiger partial charge in [0.1, 0.15) is 11.5 Å². The lowest BCUT2D eigenvalue weighted by Gasteiger charge is -2.31. The predicted molar refractivity (Wildman–Crippen MR) is 70.3 cm³/mol. The summed E-state index contributed by atoms with van der Waals surface area (Å²) in [5.74, 6) is 3.49. The van der Waals surface area contributed by atoms with E-state index >= 15 is 0 Å². The van der Waals surface area contributed by atoms with Crippen LogP contribution in [0.4, 0.5) is 0 Å². The third-order valence-corrected chi connectivity index (χ3v) is 3.64. The fraction of sp³-hybridized carbons (Fsp3) is 0.714. The van der Waals surface area contributed by atoms with Crippen molar-refractivity contribution in [3.05, 3.63) is 23.7 Å². The summed E-state index contributed by atoms with van der Waals surface area (Å²) in [4.78, 5) is 2.27. The molecule has 0 aromatic carbocycles. The molecule has 96 valence electrons. The molecule has 0 bridgehead atoms. The highest BCUT2D eigenvalue weighted by Gasteiger charge is 2.27. The van der Waals surface area contributed by atoms with Gasteiger partial charge >= 0.3 is 0 Å². The molecular formula is C14H24N2O. The number of furan rings is 1. The number of likely N-dealkylation sites (N-methyl/N-ethyl adjacent to an activating group) is 1. The van der Waals surface area contributed by atoms with Gasteiger partial charge in [0.05, 0.1) is 0 Å². The van der Waals surface area contributed by atoms with Gasteiger partial charge in [0, 0.05) is 12.5 Å². The van der Waals surface area contributed by atoms with Crippen molar-refractivity contribution in [2.75, 3.05) is 33.7 Å². The molecule has 2 rings (SSSR count). The Hall–Kier alpha value is -0.800. The molecule has 17 heavy (non-hydrogen) atoms. The molecule has 3 nitrogen and oxygen atoms in total. The van der Waals surface area contributed by atoms with Crippen LogP contribution in [-0.2, 0) is 0 Å². The van der Waals surface area contributed by atoms with E-state index in [0.29, 0.717) is 5.92 Å². The van der Waals surface area contributed by atoms with Gasteiger partial charge in [-0.1, -0.05) is 0 Å². The number of aryl methyl sites for hydroxylation is 1. The van der Waals surface area contributed by atoms with Crippen LogP contribution >= 0.6 is 0 Å². The number of rotatable bonds is 4. The Morgan fingerprint density at radius 3 is 2.59 bits per heavy atom. The van der Waals surface area contributed by atoms with Crippen LogP contribution in [0.1, 0.15) is 30.3 Å². The van der Waals surface area contributed by atoms with E-state index in [-0.39, 0.29) is 0 Å². The largest absolute Gasteiger partial charge is 0.466 e. The first-order valence-corrected chi connectivity index (χ1v) is 6.58. The molecule has 1 aliphatic heterocycles. The number of hydrogen-bond donors (Lipinski definition) is 1. The number of nitrogens with zero attached hydrogens (tertiary/aromatic N) is 1. The van der Waals surface area contributed by atoms with E-state index in [0.717, 1.165) is 31.3 Å². The van der Waals surface area contributed by atoms with Crippen LogP contribution in [0.5, 0.6) is 0 Å². The molecule has 1 N–H and O–H groups in total. The molecule has 1 aromatic rings. The minimum absolute atomic E-state index is 0.542. The Balaban J connectivity index is 2.11. The van der Waals surface area contributed by atoms with Crippen LogP contribution in [0.3, 0.4) is 0 Å². The summed E-state index contributed by atoms with van der Waals surface area (Å²) in [6.45, 7) is 5.40. The quantitative estimate of drug-likeness (QED) is 0.869. The van der Waals surface area contributed by atoms with E-state index in [1.54, 1.807) is 0 Å². The van der Waals surface area contributed by atoms with E-state index in [4.69, 9.17) is 4.42 Å². The molecule has 1 atom stereocenters. The van der Waals surface area contributed by atoms with Crippen molar-refractivity contribution < 1.29 is 4.42 Å². The summed E-state index contributed by atoms with van der Waals surface area (Å²) >= 11 is 0. The molecule has 1 unspecified atom stereocenters. The van der Waals surface area contributed by atoms with E-state index in [1.165, 1.54) is 18.6 Å². The number of hydrogen-bond acceptors (Lipinski definition) is 3. The van der Waals surface area contributed by atoms with Gasteiger partial charge in [0.15, 0.2) is 0 Å². The zero-order chi connectivity index (χ0) is 12.3. The maximum atomic E-state index is 5.85. The van der Waals surface area contributed by atoms with E-state index < -0.39 is 0 Å². The molecule has 0 radical (unpaired) electrons. The first kappa shape index (κ1) is 12.7. The first-order chi connectivity index (χ1) is 8.16. The monoisotopic (exact) mass is 236 g/mol. The van der Waals surface area contributed by atoms with Crippen LogP contribution < -0.4 is 5.32 Å². The second-order valence-electron chi connectivity index (χ2n) is 5.40. The molecule has 2 heterocycles. The minimum Gasteiger partial charge on any atom is -0.466 e. The van der Waals surface area contributed by atoms with Crippen LogP contribution in [0.2, 0.25) is 0 Å².